The number of amides is 2. The summed E-state index contributed by atoms with van der Waals surface area (Å²) in [6.07, 6.45) is 5.86. The van der Waals surface area contributed by atoms with Gasteiger partial charge < -0.3 is 15.3 Å². The van der Waals surface area contributed by atoms with Crippen LogP contribution in [0.3, 0.4) is 0 Å². The molecular formula is C18H33N3O3. The van der Waals surface area contributed by atoms with Crippen LogP contribution in [0, 0.1) is 11.8 Å². The summed E-state index contributed by atoms with van der Waals surface area (Å²) in [5.41, 5.74) is 0. The van der Waals surface area contributed by atoms with Gasteiger partial charge in [-0.1, -0.05) is 13.8 Å². The van der Waals surface area contributed by atoms with Crippen molar-refractivity contribution in [2.45, 2.75) is 58.4 Å². The van der Waals surface area contributed by atoms with Crippen molar-refractivity contribution < 1.29 is 14.7 Å². The fourth-order valence-corrected chi connectivity index (χ4v) is 3.97. The molecule has 0 radical (unpaired) electrons. The van der Waals surface area contributed by atoms with E-state index in [4.69, 9.17) is 5.11 Å². The monoisotopic (exact) mass is 339 g/mol. The predicted molar refractivity (Wildman–Crippen MR) is 94.0 cm³/mol. The molecule has 0 aromatic rings. The molecule has 24 heavy (non-hydrogen) atoms. The Balaban J connectivity index is 1.64. The van der Waals surface area contributed by atoms with Gasteiger partial charge >= 0.3 is 12.0 Å². The minimum absolute atomic E-state index is 0.0523. The van der Waals surface area contributed by atoms with E-state index in [-0.39, 0.29) is 12.5 Å². The van der Waals surface area contributed by atoms with E-state index in [0.29, 0.717) is 19.0 Å². The zero-order valence-corrected chi connectivity index (χ0v) is 15.2. The minimum atomic E-state index is -0.815. The zero-order valence-electron chi connectivity index (χ0n) is 15.2. The zero-order chi connectivity index (χ0) is 17.5. The van der Waals surface area contributed by atoms with Gasteiger partial charge in [0.15, 0.2) is 0 Å². The molecule has 1 saturated heterocycles. The molecule has 138 valence electrons. The Labute approximate surface area is 145 Å². The molecule has 2 rings (SSSR count). The first-order valence-corrected chi connectivity index (χ1v) is 9.46. The minimum Gasteiger partial charge on any atom is -0.481 e. The van der Waals surface area contributed by atoms with Crippen LogP contribution >= 0.6 is 0 Å². The number of hydrogen-bond donors (Lipinski definition) is 2. The third-order valence-corrected chi connectivity index (χ3v) is 5.65. The van der Waals surface area contributed by atoms with Crippen molar-refractivity contribution in [1.29, 1.82) is 0 Å². The molecule has 0 atom stereocenters. The summed E-state index contributed by atoms with van der Waals surface area (Å²) < 4.78 is 0. The Morgan fingerprint density at radius 2 is 1.71 bits per heavy atom. The highest BCUT2D eigenvalue weighted by Crippen LogP contribution is 2.32. The Bertz CT molecular complexity index is 412. The number of nitrogens with one attached hydrogen (secondary N) is 1. The van der Waals surface area contributed by atoms with Crippen LogP contribution in [0.25, 0.3) is 0 Å². The number of hydrogen-bond acceptors (Lipinski definition) is 3. The molecule has 6 nitrogen and oxygen atoms in total. The lowest BCUT2D eigenvalue weighted by atomic mass is 9.79. The average Bonchev–Trinajstić information content (AvgIpc) is 2.58. The number of rotatable bonds is 6. The molecule has 1 aliphatic carbocycles. The lowest BCUT2D eigenvalue weighted by Gasteiger charge is -2.42. The number of nitrogens with zero attached hydrogens (tertiary/aromatic N) is 2. The maximum Gasteiger partial charge on any atom is 0.317 e. The SMILES string of the molecule is CC(C)C1CCC(N2CCN(C(=O)NCCCC(=O)O)CC2)CC1. The third kappa shape index (κ3) is 5.65. The second kappa shape index (κ2) is 9.25. The Kier molecular flexibility index (Phi) is 7.34. The third-order valence-electron chi connectivity index (χ3n) is 5.65. The Morgan fingerprint density at radius 3 is 2.25 bits per heavy atom. The van der Waals surface area contributed by atoms with Crippen LogP contribution in [0.5, 0.6) is 0 Å². The summed E-state index contributed by atoms with van der Waals surface area (Å²) in [5, 5.41) is 11.4. The van der Waals surface area contributed by atoms with Crippen molar-refractivity contribution >= 4 is 12.0 Å². The largest absolute Gasteiger partial charge is 0.481 e. The first-order valence-electron chi connectivity index (χ1n) is 9.46. The highest BCUT2D eigenvalue weighted by molar-refractivity contribution is 5.74. The van der Waals surface area contributed by atoms with Crippen molar-refractivity contribution in [1.82, 2.24) is 15.1 Å². The molecule has 2 N–H and O–H groups in total. The van der Waals surface area contributed by atoms with E-state index < -0.39 is 5.97 Å². The van der Waals surface area contributed by atoms with Crippen molar-refractivity contribution in [3.63, 3.8) is 0 Å². The fraction of sp³-hybridized carbons (Fsp3) is 0.889. The molecule has 0 bridgehead atoms. The molecular weight excluding hydrogens is 306 g/mol. The number of piperazine rings is 1. The van der Waals surface area contributed by atoms with E-state index in [0.717, 1.165) is 38.0 Å². The summed E-state index contributed by atoms with van der Waals surface area (Å²) in [5.74, 6) is 0.872. The first kappa shape index (κ1) is 19.0. The van der Waals surface area contributed by atoms with Crippen LogP contribution in [0.2, 0.25) is 0 Å². The summed E-state index contributed by atoms with van der Waals surface area (Å²) >= 11 is 0. The lowest BCUT2D eigenvalue weighted by molar-refractivity contribution is -0.137. The predicted octanol–water partition coefficient (Wildman–Crippen LogP) is 2.39. The van der Waals surface area contributed by atoms with Crippen LogP contribution < -0.4 is 5.32 Å². The molecule has 2 amide bonds. The van der Waals surface area contributed by atoms with Gasteiger partial charge in [0.25, 0.3) is 0 Å². The van der Waals surface area contributed by atoms with Crippen LogP contribution in [-0.2, 0) is 4.79 Å². The number of aliphatic carboxylic acids is 1. The lowest BCUT2D eigenvalue weighted by Crippen LogP contribution is -2.54. The van der Waals surface area contributed by atoms with E-state index in [1.165, 1.54) is 25.7 Å². The molecule has 0 spiro atoms. The molecule has 1 heterocycles. The molecule has 0 aromatic carbocycles. The van der Waals surface area contributed by atoms with Crippen LogP contribution in [0.15, 0.2) is 0 Å². The van der Waals surface area contributed by atoms with Gasteiger partial charge in [-0.25, -0.2) is 4.79 Å². The van der Waals surface area contributed by atoms with Gasteiger partial charge in [0.05, 0.1) is 0 Å². The molecule has 0 aromatic heterocycles. The maximum absolute atomic E-state index is 12.1. The molecule has 6 heteroatoms. The summed E-state index contributed by atoms with van der Waals surface area (Å²) in [6, 6.07) is 0.643. The van der Waals surface area contributed by atoms with Gasteiger partial charge in [0, 0.05) is 45.2 Å². The highest BCUT2D eigenvalue weighted by atomic mass is 16.4. The molecule has 0 unspecified atom stereocenters. The van der Waals surface area contributed by atoms with Crippen molar-refractivity contribution in [3.05, 3.63) is 0 Å². The van der Waals surface area contributed by atoms with Crippen LogP contribution in [0.4, 0.5) is 4.79 Å². The quantitative estimate of drug-likeness (QED) is 0.729. The number of carboxylic acid groups (broad SMARTS) is 1. The standard InChI is InChI=1S/C18H33N3O3/c1-14(2)15-5-7-16(8-6-15)20-10-12-21(13-11-20)18(24)19-9-3-4-17(22)23/h14-16H,3-13H2,1-2H3,(H,19,24)(H,22,23). The fourth-order valence-electron chi connectivity index (χ4n) is 3.97. The average molecular weight is 339 g/mol. The molecule has 1 aliphatic heterocycles. The van der Waals surface area contributed by atoms with Crippen molar-refractivity contribution in [2.75, 3.05) is 32.7 Å². The highest BCUT2D eigenvalue weighted by Gasteiger charge is 2.30. The van der Waals surface area contributed by atoms with Gasteiger partial charge in [-0.2, -0.15) is 0 Å². The van der Waals surface area contributed by atoms with E-state index >= 15 is 0 Å². The smallest absolute Gasteiger partial charge is 0.317 e. The van der Waals surface area contributed by atoms with Gasteiger partial charge in [0.1, 0.15) is 0 Å². The maximum atomic E-state index is 12.1. The molecule has 2 fully saturated rings. The second-order valence-electron chi connectivity index (χ2n) is 7.56. The Morgan fingerprint density at radius 1 is 1.08 bits per heavy atom. The number of carboxylic acids is 1. The van der Waals surface area contributed by atoms with Gasteiger partial charge in [0.2, 0.25) is 0 Å². The summed E-state index contributed by atoms with van der Waals surface area (Å²) in [6.45, 7) is 8.56. The molecule has 2 aliphatic rings. The number of carbonyl (C=O) groups excluding carboxylic acids is 1. The summed E-state index contributed by atoms with van der Waals surface area (Å²) in [4.78, 5) is 27.0. The number of carbonyl (C=O) groups is 2. The van der Waals surface area contributed by atoms with E-state index in [1.54, 1.807) is 0 Å². The van der Waals surface area contributed by atoms with E-state index in [2.05, 4.69) is 24.1 Å². The van der Waals surface area contributed by atoms with Gasteiger partial charge in [-0.15, -0.1) is 0 Å². The van der Waals surface area contributed by atoms with Crippen LogP contribution in [-0.4, -0.2) is 65.7 Å². The Hall–Kier alpha value is -1.30. The van der Waals surface area contributed by atoms with Gasteiger partial charge in [-0.05, 0) is 43.9 Å². The molecule has 1 saturated carbocycles. The summed E-state index contributed by atoms with van der Waals surface area (Å²) in [7, 11) is 0. The van der Waals surface area contributed by atoms with E-state index in [9.17, 15) is 9.59 Å². The first-order chi connectivity index (χ1) is 11.5. The van der Waals surface area contributed by atoms with E-state index in [1.807, 2.05) is 4.90 Å². The number of urea groups is 1. The van der Waals surface area contributed by atoms with Crippen LogP contribution in [0.1, 0.15) is 52.4 Å². The van der Waals surface area contributed by atoms with Crippen molar-refractivity contribution in [3.8, 4) is 0 Å². The second-order valence-corrected chi connectivity index (χ2v) is 7.56. The van der Waals surface area contributed by atoms with Crippen molar-refractivity contribution in [2.24, 2.45) is 11.8 Å². The topological polar surface area (TPSA) is 72.9 Å². The van der Waals surface area contributed by atoms with Gasteiger partial charge in [-0.3, -0.25) is 9.69 Å². The normalized spacial score (nSPS) is 25.7.